The number of ether oxygens (including phenoxy) is 3. The Bertz CT molecular complexity index is 953. The number of carbonyl (C=O) groups excluding carboxylic acids is 3. The molecule has 0 heterocycles. The Labute approximate surface area is 195 Å². The molecule has 0 fully saturated rings. The first-order valence-electron chi connectivity index (χ1n) is 10.2. The second kappa shape index (κ2) is 9.58. The van der Waals surface area contributed by atoms with Crippen molar-refractivity contribution in [2.75, 3.05) is 0 Å². The molecule has 1 aromatic rings. The largest absolute Gasteiger partial charge is 0.444 e. The van der Waals surface area contributed by atoms with Crippen molar-refractivity contribution in [3.8, 4) is 0 Å². The molecule has 0 spiro atoms. The Morgan fingerprint density at radius 3 is 1.33 bits per heavy atom. The Morgan fingerprint density at radius 1 is 0.667 bits per heavy atom. The minimum Gasteiger partial charge on any atom is -0.442 e. The molecule has 186 valence electrons. The van der Waals surface area contributed by atoms with Gasteiger partial charge in [0.2, 0.25) is 0 Å². The summed E-state index contributed by atoms with van der Waals surface area (Å²) in [4.78, 5) is 38.8. The molecule has 0 aliphatic carbocycles. The zero-order chi connectivity index (χ0) is 26.0. The smallest absolute Gasteiger partial charge is 0.442 e. The van der Waals surface area contributed by atoms with Crippen molar-refractivity contribution in [3.63, 3.8) is 0 Å². The summed E-state index contributed by atoms with van der Waals surface area (Å²) in [5, 5.41) is -0.000234. The molecule has 0 aliphatic rings. The lowest BCUT2D eigenvalue weighted by Crippen LogP contribution is -2.58. The predicted molar refractivity (Wildman–Crippen MR) is 121 cm³/mol. The molecule has 1 rings (SSSR count). The second-order valence-corrected chi connectivity index (χ2v) is 12.1. The van der Waals surface area contributed by atoms with Crippen LogP contribution in [0.2, 0.25) is 0 Å². The molecule has 0 atom stereocenters. The van der Waals surface area contributed by atoms with E-state index in [1.54, 1.807) is 6.92 Å². The predicted octanol–water partition coefficient (Wildman–Crippen LogP) is 5.01. The highest BCUT2D eigenvalue weighted by Crippen LogP contribution is 2.25. The van der Waals surface area contributed by atoms with Crippen LogP contribution in [-0.4, -0.2) is 52.9 Å². The van der Waals surface area contributed by atoms with Gasteiger partial charge in [0.05, 0.1) is 4.90 Å². The van der Waals surface area contributed by atoms with Crippen molar-refractivity contribution >= 4 is 28.3 Å². The van der Waals surface area contributed by atoms with E-state index in [9.17, 15) is 22.8 Å². The summed E-state index contributed by atoms with van der Waals surface area (Å²) in [7, 11) is -4.81. The first-order valence-corrected chi connectivity index (χ1v) is 11.7. The van der Waals surface area contributed by atoms with E-state index in [0.29, 0.717) is 0 Å². The van der Waals surface area contributed by atoms with Crippen LogP contribution >= 0.6 is 0 Å². The van der Waals surface area contributed by atoms with E-state index >= 15 is 0 Å². The average molecular weight is 487 g/mol. The molecule has 11 heteroatoms. The highest BCUT2D eigenvalue weighted by molar-refractivity contribution is 7.89. The Morgan fingerprint density at radius 2 is 1.00 bits per heavy atom. The van der Waals surface area contributed by atoms with E-state index in [4.69, 9.17) is 14.2 Å². The van der Waals surface area contributed by atoms with Crippen LogP contribution < -0.4 is 0 Å². The summed E-state index contributed by atoms with van der Waals surface area (Å²) in [6.07, 6.45) is -4.35. The highest BCUT2D eigenvalue weighted by Gasteiger charge is 2.47. The van der Waals surface area contributed by atoms with Gasteiger partial charge in [0.25, 0.3) is 10.0 Å². The minimum absolute atomic E-state index is 0.000234. The van der Waals surface area contributed by atoms with Crippen molar-refractivity contribution in [2.45, 2.75) is 90.9 Å². The molecule has 3 amide bonds. The van der Waals surface area contributed by atoms with Gasteiger partial charge in [0, 0.05) is 0 Å². The number of carbonyl (C=O) groups is 3. The van der Waals surface area contributed by atoms with Gasteiger partial charge in [0.1, 0.15) is 16.8 Å². The lowest BCUT2D eigenvalue weighted by atomic mass is 10.2. The number of hydrogen-bond donors (Lipinski definition) is 0. The Balaban J connectivity index is 3.76. The second-order valence-electron chi connectivity index (χ2n) is 10.3. The third-order valence-corrected chi connectivity index (χ3v) is 5.05. The number of rotatable bonds is 2. The molecule has 10 nitrogen and oxygen atoms in total. The van der Waals surface area contributed by atoms with Crippen LogP contribution in [0.3, 0.4) is 0 Å². The fourth-order valence-electron chi connectivity index (χ4n) is 2.23. The van der Waals surface area contributed by atoms with Gasteiger partial charge in [-0.1, -0.05) is 27.1 Å². The van der Waals surface area contributed by atoms with E-state index in [1.807, 2.05) is 0 Å². The number of nitrogens with zero attached hydrogens (tertiary/aromatic N) is 2. The third-order valence-electron chi connectivity index (χ3n) is 3.41. The van der Waals surface area contributed by atoms with E-state index in [0.717, 1.165) is 5.56 Å². The molecule has 1 aromatic carbocycles. The molecule has 0 N–H and O–H groups in total. The molecular formula is C22H34N2O8S. The summed E-state index contributed by atoms with van der Waals surface area (Å²) < 4.78 is 42.6. The van der Waals surface area contributed by atoms with E-state index in [-0.39, 0.29) is 14.3 Å². The Hall–Kier alpha value is -2.82. The van der Waals surface area contributed by atoms with Crippen molar-refractivity contribution in [1.29, 1.82) is 0 Å². The molecule has 0 radical (unpaired) electrons. The van der Waals surface area contributed by atoms with Crippen LogP contribution in [0.4, 0.5) is 14.4 Å². The summed E-state index contributed by atoms with van der Waals surface area (Å²) in [6, 6.07) is 5.49. The van der Waals surface area contributed by atoms with Gasteiger partial charge in [-0.05, 0) is 81.4 Å². The molecule has 0 saturated heterocycles. The van der Waals surface area contributed by atoms with Gasteiger partial charge in [-0.2, -0.15) is 8.42 Å². The SMILES string of the molecule is Cc1ccc(S(=O)(=O)N(C(=O)OC(C)(C)C)N(C(=O)OC(C)(C)C)C(=O)OC(C)(C)C)cc1. The molecule has 0 unspecified atom stereocenters. The molecule has 0 aliphatic heterocycles. The zero-order valence-corrected chi connectivity index (χ0v) is 21.7. The van der Waals surface area contributed by atoms with E-state index < -0.39 is 45.1 Å². The third kappa shape index (κ3) is 8.56. The van der Waals surface area contributed by atoms with Gasteiger partial charge in [-0.25, -0.2) is 14.4 Å². The van der Waals surface area contributed by atoms with Gasteiger partial charge in [0.15, 0.2) is 0 Å². The molecule has 33 heavy (non-hydrogen) atoms. The van der Waals surface area contributed by atoms with Gasteiger partial charge >= 0.3 is 18.3 Å². The minimum atomic E-state index is -4.81. The fraction of sp³-hybridized carbons (Fsp3) is 0.591. The summed E-state index contributed by atoms with van der Waals surface area (Å²) in [5.41, 5.74) is -2.63. The summed E-state index contributed by atoms with van der Waals surface area (Å²) in [5.74, 6) is 0. The number of hydrogen-bond acceptors (Lipinski definition) is 8. The van der Waals surface area contributed by atoms with Crippen LogP contribution in [0, 0.1) is 6.92 Å². The van der Waals surface area contributed by atoms with Gasteiger partial charge in [-0.15, -0.1) is 0 Å². The molecule has 0 aromatic heterocycles. The maximum atomic E-state index is 13.5. The molecule has 0 bridgehead atoms. The zero-order valence-electron chi connectivity index (χ0n) is 20.9. The van der Waals surface area contributed by atoms with Crippen LogP contribution in [0.1, 0.15) is 67.9 Å². The monoisotopic (exact) mass is 486 g/mol. The fourth-order valence-corrected chi connectivity index (χ4v) is 3.49. The van der Waals surface area contributed by atoms with Crippen LogP contribution in [0.5, 0.6) is 0 Å². The van der Waals surface area contributed by atoms with Gasteiger partial charge in [-0.3, -0.25) is 0 Å². The maximum absolute atomic E-state index is 13.5. The van der Waals surface area contributed by atoms with Crippen molar-refractivity contribution in [2.24, 2.45) is 0 Å². The Kier molecular flexibility index (Phi) is 8.19. The van der Waals surface area contributed by atoms with Crippen LogP contribution in [0.15, 0.2) is 29.2 Å². The lowest BCUT2D eigenvalue weighted by molar-refractivity contribution is -0.0439. The topological polar surface area (TPSA) is 120 Å². The average Bonchev–Trinajstić information content (AvgIpc) is 2.54. The normalized spacial score (nSPS) is 12.5. The van der Waals surface area contributed by atoms with E-state index in [1.165, 1.54) is 86.6 Å². The maximum Gasteiger partial charge on any atom is 0.444 e. The first-order chi connectivity index (χ1) is 14.6. The number of imide groups is 1. The number of sulfonamides is 1. The molecular weight excluding hydrogens is 452 g/mol. The number of hydrazine groups is 1. The lowest BCUT2D eigenvalue weighted by Gasteiger charge is -2.35. The molecule has 0 saturated carbocycles. The summed E-state index contributed by atoms with van der Waals surface area (Å²) >= 11 is 0. The van der Waals surface area contributed by atoms with E-state index in [2.05, 4.69) is 0 Å². The van der Waals surface area contributed by atoms with Crippen LogP contribution in [0.25, 0.3) is 0 Å². The quantitative estimate of drug-likeness (QED) is 0.423. The number of aryl methyl sites for hydroxylation is 1. The van der Waals surface area contributed by atoms with Crippen molar-refractivity contribution < 1.29 is 37.0 Å². The standard InChI is InChI=1S/C22H34N2O8S/c1-15-11-13-16(14-12-15)33(28,29)24(19(27)32-22(8,9)10)23(17(25)30-20(2,3)4)18(26)31-21(5,6)7/h11-14H,1-10H3. The highest BCUT2D eigenvalue weighted by atomic mass is 32.2. The first kappa shape index (κ1) is 28.2. The van der Waals surface area contributed by atoms with Crippen molar-refractivity contribution in [1.82, 2.24) is 9.42 Å². The van der Waals surface area contributed by atoms with Gasteiger partial charge < -0.3 is 14.2 Å². The van der Waals surface area contributed by atoms with Crippen LogP contribution in [-0.2, 0) is 24.2 Å². The number of benzene rings is 1. The number of amides is 3. The summed E-state index contributed by atoms with van der Waals surface area (Å²) in [6.45, 7) is 15.4. The van der Waals surface area contributed by atoms with Crippen molar-refractivity contribution in [3.05, 3.63) is 29.8 Å².